The van der Waals surface area contributed by atoms with Crippen molar-refractivity contribution in [3.63, 3.8) is 0 Å². The third-order valence-electron chi connectivity index (χ3n) is 8.13. The fraction of sp³-hybridized carbons (Fsp3) is 0.273. The Morgan fingerprint density at radius 1 is 0.629 bits per heavy atom. The smallest absolute Gasteiger partial charge is 0.0340 e. The summed E-state index contributed by atoms with van der Waals surface area (Å²) in [4.78, 5) is 2.95. The summed E-state index contributed by atoms with van der Waals surface area (Å²) in [5.41, 5.74) is 11.7. The second-order valence-corrected chi connectivity index (χ2v) is 12.2. The van der Waals surface area contributed by atoms with Gasteiger partial charge in [-0.3, -0.25) is 0 Å². The van der Waals surface area contributed by atoms with E-state index < -0.39 is 0 Å². The van der Waals surface area contributed by atoms with Gasteiger partial charge in [-0.2, -0.15) is 0 Å². The molecule has 0 bridgehead atoms. The molecule has 0 aliphatic heterocycles. The van der Waals surface area contributed by atoms with Crippen LogP contribution in [0.5, 0.6) is 0 Å². The van der Waals surface area contributed by atoms with Crippen LogP contribution in [-0.4, -0.2) is 0 Å². The van der Waals surface area contributed by atoms with Crippen LogP contribution in [0.2, 0.25) is 0 Å². The first-order valence-corrected chi connectivity index (χ1v) is 14.5. The first-order chi connectivity index (χ1) is 17.0. The number of hydrogen-bond acceptors (Lipinski definition) is 2. The van der Waals surface area contributed by atoms with Crippen molar-refractivity contribution in [1.29, 1.82) is 0 Å². The van der Waals surface area contributed by atoms with Gasteiger partial charge >= 0.3 is 0 Å². The summed E-state index contributed by atoms with van der Waals surface area (Å²) < 4.78 is 0. The van der Waals surface area contributed by atoms with E-state index in [1.54, 1.807) is 0 Å². The zero-order valence-corrected chi connectivity index (χ0v) is 22.6. The molecule has 0 spiro atoms. The van der Waals surface area contributed by atoms with Gasteiger partial charge in [0, 0.05) is 21.6 Å². The van der Waals surface area contributed by atoms with E-state index in [0.29, 0.717) is 11.8 Å². The van der Waals surface area contributed by atoms with Crippen molar-refractivity contribution >= 4 is 46.0 Å². The fourth-order valence-corrected chi connectivity index (χ4v) is 8.64. The van der Waals surface area contributed by atoms with E-state index in [2.05, 4.69) is 111 Å². The molecule has 2 aliphatic carbocycles. The van der Waals surface area contributed by atoms with Crippen LogP contribution in [-0.2, 0) is 12.8 Å². The number of aryl methyl sites for hydroxylation is 2. The molecule has 0 saturated heterocycles. The van der Waals surface area contributed by atoms with Crippen molar-refractivity contribution in [2.24, 2.45) is 5.41 Å². The lowest BCUT2D eigenvalue weighted by Gasteiger charge is -2.42. The number of thiophene rings is 2. The molecule has 2 unspecified atom stereocenters. The van der Waals surface area contributed by atoms with Gasteiger partial charge in [-0.25, -0.2) is 0 Å². The summed E-state index contributed by atoms with van der Waals surface area (Å²) in [5.74, 6) is 0.680. The van der Waals surface area contributed by atoms with E-state index >= 15 is 0 Å². The van der Waals surface area contributed by atoms with Crippen molar-refractivity contribution < 1.29 is 0 Å². The lowest BCUT2D eigenvalue weighted by Crippen LogP contribution is -2.30. The molecule has 2 aromatic carbocycles. The number of hydrogen-bond donors (Lipinski definition) is 0. The highest BCUT2D eigenvalue weighted by Gasteiger charge is 2.48. The Morgan fingerprint density at radius 2 is 1.06 bits per heavy atom. The van der Waals surface area contributed by atoms with Gasteiger partial charge in [0.25, 0.3) is 0 Å². The molecule has 0 saturated carbocycles. The first-order valence-electron chi connectivity index (χ1n) is 12.8. The van der Waals surface area contributed by atoms with E-state index in [0.717, 1.165) is 12.8 Å². The third kappa shape index (κ3) is 3.53. The Labute approximate surface area is 217 Å². The molecular weight excluding hydrogens is 460 g/mol. The Balaban J connectivity index is 1.55. The largest absolute Gasteiger partial charge is 0.144 e. The van der Waals surface area contributed by atoms with Gasteiger partial charge in [0.05, 0.1) is 0 Å². The summed E-state index contributed by atoms with van der Waals surface area (Å²) in [7, 11) is 0. The highest BCUT2D eigenvalue weighted by atomic mass is 32.1. The summed E-state index contributed by atoms with van der Waals surface area (Å²) in [5, 5.41) is 4.55. The van der Waals surface area contributed by atoms with Crippen molar-refractivity contribution in [3.05, 3.63) is 115 Å². The van der Waals surface area contributed by atoms with Gasteiger partial charge in [0.1, 0.15) is 0 Å². The molecule has 0 radical (unpaired) electrons. The van der Waals surface area contributed by atoms with E-state index in [1.165, 1.54) is 54.3 Å². The molecule has 0 N–H and O–H groups in total. The number of fused-ring (bicyclic) bond motifs is 2. The predicted molar refractivity (Wildman–Crippen MR) is 155 cm³/mol. The van der Waals surface area contributed by atoms with Crippen molar-refractivity contribution in [2.45, 2.75) is 52.4 Å². The van der Waals surface area contributed by atoms with Crippen LogP contribution in [0.3, 0.4) is 0 Å². The van der Waals surface area contributed by atoms with E-state index in [9.17, 15) is 0 Å². The summed E-state index contributed by atoms with van der Waals surface area (Å²) in [6, 6.07) is 22.8. The Bertz CT molecular complexity index is 1350. The zero-order valence-electron chi connectivity index (χ0n) is 21.0. The molecule has 2 aliphatic rings. The van der Waals surface area contributed by atoms with Gasteiger partial charge in [-0.1, -0.05) is 76.2 Å². The van der Waals surface area contributed by atoms with E-state index in [-0.39, 0.29) is 5.41 Å². The van der Waals surface area contributed by atoms with Gasteiger partial charge in [-0.05, 0) is 97.8 Å². The Kier molecular flexibility index (Phi) is 5.70. The number of benzene rings is 2. The molecule has 35 heavy (non-hydrogen) atoms. The Morgan fingerprint density at radius 3 is 1.49 bits per heavy atom. The monoisotopic (exact) mass is 492 g/mol. The maximum absolute atomic E-state index is 2.52. The average Bonchev–Trinajstić information content (AvgIpc) is 3.65. The van der Waals surface area contributed by atoms with Crippen LogP contribution in [0.25, 0.3) is 23.3 Å². The fourth-order valence-electron chi connectivity index (χ4n) is 6.55. The predicted octanol–water partition coefficient (Wildman–Crippen LogP) is 9.94. The maximum Gasteiger partial charge on any atom is 0.0340 e. The van der Waals surface area contributed by atoms with Crippen molar-refractivity contribution in [3.8, 4) is 0 Å². The lowest BCUT2D eigenvalue weighted by molar-refractivity contribution is 0.304. The van der Waals surface area contributed by atoms with E-state index in [1.807, 2.05) is 22.7 Å². The van der Waals surface area contributed by atoms with Crippen LogP contribution >= 0.6 is 22.7 Å². The minimum atomic E-state index is -0.0130. The minimum absolute atomic E-state index is 0.0130. The number of rotatable bonds is 6. The third-order valence-corrected chi connectivity index (χ3v) is 10.1. The van der Waals surface area contributed by atoms with Crippen molar-refractivity contribution in [1.82, 2.24) is 0 Å². The molecule has 0 amide bonds. The zero-order chi connectivity index (χ0) is 24.2. The highest BCUT2D eigenvalue weighted by molar-refractivity contribution is 7.11. The Hall–Kier alpha value is -2.68. The topological polar surface area (TPSA) is 0 Å². The summed E-state index contributed by atoms with van der Waals surface area (Å²) in [6.45, 7) is 9.61. The quantitative estimate of drug-likeness (QED) is 0.251. The number of allylic oxidation sites excluding steroid dienone is 2. The molecule has 0 fully saturated rings. The molecule has 2 heteroatoms. The van der Waals surface area contributed by atoms with Crippen LogP contribution < -0.4 is 0 Å². The second-order valence-electron chi connectivity index (χ2n) is 10.4. The molecule has 4 aromatic rings. The van der Waals surface area contributed by atoms with Crippen LogP contribution in [0.4, 0.5) is 0 Å². The van der Waals surface area contributed by atoms with Crippen LogP contribution in [0, 0.1) is 5.41 Å². The van der Waals surface area contributed by atoms with Gasteiger partial charge < -0.3 is 0 Å². The minimum Gasteiger partial charge on any atom is -0.144 e. The van der Waals surface area contributed by atoms with Crippen LogP contribution in [0.1, 0.15) is 82.7 Å². The molecule has 2 heterocycles. The first kappa shape index (κ1) is 22.8. The van der Waals surface area contributed by atoms with Gasteiger partial charge in [0.15, 0.2) is 0 Å². The molecule has 2 atom stereocenters. The highest BCUT2D eigenvalue weighted by Crippen LogP contribution is 2.62. The normalized spacial score (nSPS) is 18.9. The molecule has 176 valence electrons. The van der Waals surface area contributed by atoms with Crippen LogP contribution in [0.15, 0.2) is 71.4 Å². The molecular formula is C33H32S2. The SMILES string of the molecule is CCc1ccsc1C1=Cc2ccccc2C1C(C)(C)C1C(c2sccc2CC)=Cc2ccccc21. The molecule has 6 rings (SSSR count). The summed E-state index contributed by atoms with van der Waals surface area (Å²) in [6.07, 6.45) is 7.12. The second kappa shape index (κ2) is 8.76. The lowest BCUT2D eigenvalue weighted by atomic mass is 9.62. The average molecular weight is 493 g/mol. The van der Waals surface area contributed by atoms with Gasteiger partial charge in [-0.15, -0.1) is 22.7 Å². The molecule has 2 aromatic heterocycles. The van der Waals surface area contributed by atoms with E-state index in [4.69, 9.17) is 0 Å². The standard InChI is InChI=1S/C33H32S2/c1-5-21-15-17-34-31(21)27-19-23-11-7-9-13-25(23)29(27)33(3,4)30-26-14-10-8-12-24(26)20-28(30)32-22(6-2)16-18-35-32/h7-20,29-30H,5-6H2,1-4H3. The van der Waals surface area contributed by atoms with Gasteiger partial charge in [0.2, 0.25) is 0 Å². The van der Waals surface area contributed by atoms with Crippen molar-refractivity contribution in [2.75, 3.05) is 0 Å². The molecule has 0 nitrogen and oxygen atoms in total. The summed E-state index contributed by atoms with van der Waals surface area (Å²) >= 11 is 3.83. The maximum atomic E-state index is 2.52.